The van der Waals surface area contributed by atoms with Gasteiger partial charge in [-0.25, -0.2) is 4.79 Å². The molecule has 0 spiro atoms. The van der Waals surface area contributed by atoms with Crippen LogP contribution in [0.4, 0.5) is 0 Å². The average Bonchev–Trinajstić information content (AvgIpc) is 2.75. The minimum Gasteiger partial charge on any atom is -0.297 e. The molecule has 96 valence electrons. The molecule has 0 amide bonds. The van der Waals surface area contributed by atoms with Gasteiger partial charge in [0.15, 0.2) is 6.29 Å². The molecule has 0 aliphatic rings. The Balaban J connectivity index is 2.90. The molecule has 2 aromatic rings. The highest BCUT2D eigenvalue weighted by atomic mass is 32.1. The van der Waals surface area contributed by atoms with Crippen LogP contribution in [0.25, 0.3) is 10.2 Å². The van der Waals surface area contributed by atoms with Crippen molar-refractivity contribution in [2.24, 2.45) is 13.0 Å². The van der Waals surface area contributed by atoms with E-state index in [0.29, 0.717) is 27.9 Å². The van der Waals surface area contributed by atoms with Crippen LogP contribution in [0.1, 0.15) is 23.5 Å². The lowest BCUT2D eigenvalue weighted by molar-refractivity contribution is 0.112. The minimum atomic E-state index is -0.348. The molecule has 0 aromatic carbocycles. The normalized spacial score (nSPS) is 11.3. The lowest BCUT2D eigenvalue weighted by Crippen LogP contribution is -2.38. The third-order valence-electron chi connectivity index (χ3n) is 2.69. The van der Waals surface area contributed by atoms with Crippen LogP contribution in [0.5, 0.6) is 0 Å². The molecule has 18 heavy (non-hydrogen) atoms. The minimum absolute atomic E-state index is 0.283. The van der Waals surface area contributed by atoms with Gasteiger partial charge in [0.1, 0.15) is 4.83 Å². The zero-order chi connectivity index (χ0) is 13.4. The van der Waals surface area contributed by atoms with Crippen molar-refractivity contribution in [2.75, 3.05) is 0 Å². The van der Waals surface area contributed by atoms with Crippen molar-refractivity contribution in [3.8, 4) is 0 Å². The van der Waals surface area contributed by atoms with Gasteiger partial charge >= 0.3 is 5.69 Å². The Morgan fingerprint density at radius 3 is 2.61 bits per heavy atom. The van der Waals surface area contributed by atoms with E-state index in [-0.39, 0.29) is 17.2 Å². The van der Waals surface area contributed by atoms with Crippen LogP contribution in [0, 0.1) is 5.92 Å². The SMILES string of the molecule is CC(C)Cn1c(=O)n(C)c(=O)c2cc(C=O)sc21. The summed E-state index contributed by atoms with van der Waals surface area (Å²) < 4.78 is 2.66. The summed E-state index contributed by atoms with van der Waals surface area (Å²) in [5.41, 5.74) is -0.681. The van der Waals surface area contributed by atoms with Gasteiger partial charge in [0.25, 0.3) is 5.56 Å². The van der Waals surface area contributed by atoms with Crippen molar-refractivity contribution in [3.63, 3.8) is 0 Å². The van der Waals surface area contributed by atoms with Crippen LogP contribution < -0.4 is 11.2 Å². The van der Waals surface area contributed by atoms with Gasteiger partial charge in [-0.2, -0.15) is 0 Å². The molecule has 5 nitrogen and oxygen atoms in total. The summed E-state index contributed by atoms with van der Waals surface area (Å²) in [6.07, 6.45) is 0.703. The largest absolute Gasteiger partial charge is 0.331 e. The number of aromatic nitrogens is 2. The topological polar surface area (TPSA) is 61.1 Å². The fourth-order valence-corrected chi connectivity index (χ4v) is 2.84. The molecule has 0 unspecified atom stereocenters. The van der Waals surface area contributed by atoms with Crippen LogP contribution in [0.3, 0.4) is 0 Å². The van der Waals surface area contributed by atoms with Gasteiger partial charge in [-0.3, -0.25) is 18.7 Å². The molecule has 0 N–H and O–H groups in total. The highest BCUT2D eigenvalue weighted by molar-refractivity contribution is 7.20. The number of carbonyl (C=O) groups excluding carboxylic acids is 1. The van der Waals surface area contributed by atoms with Gasteiger partial charge in [0.05, 0.1) is 10.3 Å². The second-order valence-electron chi connectivity index (χ2n) is 4.64. The number of fused-ring (bicyclic) bond motifs is 1. The van der Waals surface area contributed by atoms with E-state index >= 15 is 0 Å². The summed E-state index contributed by atoms with van der Waals surface area (Å²) in [5.74, 6) is 0.283. The molecule has 0 saturated heterocycles. The Morgan fingerprint density at radius 2 is 2.06 bits per heavy atom. The first kappa shape index (κ1) is 12.8. The summed E-state index contributed by atoms with van der Waals surface area (Å²) >= 11 is 1.18. The molecule has 0 radical (unpaired) electrons. The second kappa shape index (κ2) is 4.53. The van der Waals surface area contributed by atoms with Crippen molar-refractivity contribution >= 4 is 27.8 Å². The maximum atomic E-state index is 12.1. The Kier molecular flexibility index (Phi) is 3.21. The molecule has 2 rings (SSSR count). The van der Waals surface area contributed by atoms with Gasteiger partial charge in [-0.15, -0.1) is 11.3 Å². The monoisotopic (exact) mass is 266 g/mol. The van der Waals surface area contributed by atoms with E-state index in [0.717, 1.165) is 4.57 Å². The van der Waals surface area contributed by atoms with Gasteiger partial charge in [0.2, 0.25) is 0 Å². The molecule has 0 saturated carbocycles. The van der Waals surface area contributed by atoms with Gasteiger partial charge < -0.3 is 0 Å². The third kappa shape index (κ3) is 1.92. The molecule has 0 aliphatic heterocycles. The maximum Gasteiger partial charge on any atom is 0.331 e. The van der Waals surface area contributed by atoms with Crippen LogP contribution >= 0.6 is 11.3 Å². The predicted octanol–water partition coefficient (Wildman–Crippen LogP) is 1.23. The van der Waals surface area contributed by atoms with E-state index in [1.54, 1.807) is 10.6 Å². The highest BCUT2D eigenvalue weighted by Crippen LogP contribution is 2.21. The van der Waals surface area contributed by atoms with Crippen molar-refractivity contribution < 1.29 is 4.79 Å². The van der Waals surface area contributed by atoms with E-state index in [1.165, 1.54) is 18.4 Å². The molecule has 2 aromatic heterocycles. The number of nitrogens with zero attached hydrogens (tertiary/aromatic N) is 2. The van der Waals surface area contributed by atoms with E-state index < -0.39 is 0 Å². The first-order chi connectivity index (χ1) is 8.45. The number of hydrogen-bond donors (Lipinski definition) is 0. The first-order valence-corrected chi connectivity index (χ1v) is 6.46. The lowest BCUT2D eigenvalue weighted by Gasteiger charge is -2.11. The van der Waals surface area contributed by atoms with Crippen molar-refractivity contribution in [3.05, 3.63) is 31.8 Å². The summed E-state index contributed by atoms with van der Waals surface area (Å²) in [4.78, 5) is 35.9. The lowest BCUT2D eigenvalue weighted by atomic mass is 10.2. The smallest absolute Gasteiger partial charge is 0.297 e. The summed E-state index contributed by atoms with van der Waals surface area (Å²) in [6.45, 7) is 4.53. The van der Waals surface area contributed by atoms with Crippen LogP contribution in [0.2, 0.25) is 0 Å². The predicted molar refractivity (Wildman–Crippen MR) is 71.6 cm³/mol. The van der Waals surface area contributed by atoms with Crippen molar-refractivity contribution in [1.29, 1.82) is 0 Å². The summed E-state index contributed by atoms with van der Waals surface area (Å²) in [5, 5.41) is 0.435. The van der Waals surface area contributed by atoms with Crippen LogP contribution in [0.15, 0.2) is 15.7 Å². The molecular formula is C12H14N2O3S. The number of rotatable bonds is 3. The van der Waals surface area contributed by atoms with E-state index in [1.807, 2.05) is 13.8 Å². The van der Waals surface area contributed by atoms with E-state index in [9.17, 15) is 14.4 Å². The van der Waals surface area contributed by atoms with Crippen LogP contribution in [-0.4, -0.2) is 15.4 Å². The fraction of sp³-hybridized carbons (Fsp3) is 0.417. The second-order valence-corrected chi connectivity index (χ2v) is 5.70. The fourth-order valence-electron chi connectivity index (χ4n) is 1.87. The molecule has 0 atom stereocenters. The van der Waals surface area contributed by atoms with Gasteiger partial charge in [-0.05, 0) is 12.0 Å². The standard InChI is InChI=1S/C12H14N2O3S/c1-7(2)5-14-11-9(4-8(6-15)18-11)10(16)13(3)12(14)17/h4,6-7H,5H2,1-3H3. The zero-order valence-corrected chi connectivity index (χ0v) is 11.3. The van der Waals surface area contributed by atoms with Crippen molar-refractivity contribution in [1.82, 2.24) is 9.13 Å². The zero-order valence-electron chi connectivity index (χ0n) is 10.5. The van der Waals surface area contributed by atoms with E-state index in [4.69, 9.17) is 0 Å². The Bertz CT molecular complexity index is 721. The molecule has 0 aliphatic carbocycles. The molecule has 6 heteroatoms. The Hall–Kier alpha value is -1.69. The Labute approximate surface area is 107 Å². The molecule has 0 bridgehead atoms. The molecular weight excluding hydrogens is 252 g/mol. The van der Waals surface area contributed by atoms with Crippen LogP contribution in [-0.2, 0) is 13.6 Å². The number of carbonyl (C=O) groups is 1. The van der Waals surface area contributed by atoms with Crippen molar-refractivity contribution in [2.45, 2.75) is 20.4 Å². The number of hydrogen-bond acceptors (Lipinski definition) is 4. The molecule has 0 fully saturated rings. The third-order valence-corrected chi connectivity index (χ3v) is 3.78. The number of thiophene rings is 1. The highest BCUT2D eigenvalue weighted by Gasteiger charge is 2.14. The van der Waals surface area contributed by atoms with E-state index in [2.05, 4.69) is 0 Å². The quantitative estimate of drug-likeness (QED) is 0.785. The first-order valence-electron chi connectivity index (χ1n) is 5.64. The summed E-state index contributed by atoms with van der Waals surface area (Å²) in [7, 11) is 1.46. The summed E-state index contributed by atoms with van der Waals surface area (Å²) in [6, 6.07) is 1.55. The van der Waals surface area contributed by atoms with Gasteiger partial charge in [-0.1, -0.05) is 13.8 Å². The van der Waals surface area contributed by atoms with Gasteiger partial charge in [0, 0.05) is 13.6 Å². The maximum absolute atomic E-state index is 12.1. The average molecular weight is 266 g/mol. The Morgan fingerprint density at radius 1 is 1.39 bits per heavy atom. The number of aldehydes is 1. The molecule has 2 heterocycles.